The van der Waals surface area contributed by atoms with Gasteiger partial charge in [0.25, 0.3) is 0 Å². The Bertz CT molecular complexity index is 540. The molecule has 0 bridgehead atoms. The van der Waals surface area contributed by atoms with Gasteiger partial charge in [-0.1, -0.05) is 13.0 Å². The van der Waals surface area contributed by atoms with Gasteiger partial charge in [0.1, 0.15) is 0 Å². The van der Waals surface area contributed by atoms with Gasteiger partial charge in [-0.2, -0.15) is 0 Å². The zero-order chi connectivity index (χ0) is 13.8. The average Bonchev–Trinajstić information content (AvgIpc) is 2.28. The van der Waals surface area contributed by atoms with Crippen molar-refractivity contribution in [1.82, 2.24) is 0 Å². The highest BCUT2D eigenvalue weighted by Crippen LogP contribution is 2.20. The van der Waals surface area contributed by atoms with Crippen LogP contribution in [-0.2, 0) is 21.2 Å². The van der Waals surface area contributed by atoms with E-state index in [2.05, 4.69) is 5.32 Å². The molecule has 1 aromatic rings. The van der Waals surface area contributed by atoms with Crippen LogP contribution in [-0.4, -0.2) is 20.9 Å². The van der Waals surface area contributed by atoms with Crippen LogP contribution in [0.3, 0.4) is 0 Å². The van der Waals surface area contributed by atoms with E-state index < -0.39 is 10.0 Å². The maximum Gasteiger partial charge on any atom is 0.238 e. The normalized spacial score (nSPS) is 11.3. The molecule has 0 aliphatic rings. The van der Waals surface area contributed by atoms with Gasteiger partial charge in [-0.05, 0) is 24.1 Å². The van der Waals surface area contributed by atoms with E-state index >= 15 is 0 Å². The van der Waals surface area contributed by atoms with Crippen LogP contribution in [0.25, 0.3) is 0 Å². The zero-order valence-corrected chi connectivity index (χ0v) is 11.0. The molecule has 100 valence electrons. The van der Waals surface area contributed by atoms with Gasteiger partial charge in [0, 0.05) is 18.7 Å². The molecule has 6 nitrogen and oxygen atoms in total. The van der Waals surface area contributed by atoms with Crippen LogP contribution < -0.4 is 16.2 Å². The van der Waals surface area contributed by atoms with E-state index in [1.165, 1.54) is 6.07 Å². The molecule has 0 fully saturated rings. The predicted octanol–water partition coefficient (Wildman–Crippen LogP) is 0.184. The van der Waals surface area contributed by atoms with Gasteiger partial charge in [-0.3, -0.25) is 4.79 Å². The van der Waals surface area contributed by atoms with E-state index in [4.69, 9.17) is 10.9 Å². The Morgan fingerprint density at radius 3 is 2.56 bits per heavy atom. The fourth-order valence-electron chi connectivity index (χ4n) is 1.54. The van der Waals surface area contributed by atoms with Crippen molar-refractivity contribution in [3.8, 4) is 0 Å². The summed E-state index contributed by atoms with van der Waals surface area (Å²) in [6, 6.07) is 4.64. The van der Waals surface area contributed by atoms with E-state index in [-0.39, 0.29) is 23.8 Å². The molecule has 0 saturated carbocycles. The Balaban J connectivity index is 3.08. The minimum atomic E-state index is -3.79. The van der Waals surface area contributed by atoms with Gasteiger partial charge in [-0.15, -0.1) is 0 Å². The van der Waals surface area contributed by atoms with Gasteiger partial charge >= 0.3 is 0 Å². The van der Waals surface area contributed by atoms with E-state index in [0.717, 1.165) is 0 Å². The first-order valence-electron chi connectivity index (χ1n) is 5.54. The predicted molar refractivity (Wildman–Crippen MR) is 69.5 cm³/mol. The SMILES string of the molecule is CCc1ccc(NC(=O)CCN)cc1S(N)(=O)=O. The maximum absolute atomic E-state index is 11.4. The number of nitrogens with one attached hydrogen (secondary N) is 1. The van der Waals surface area contributed by atoms with Crippen molar-refractivity contribution in [2.24, 2.45) is 10.9 Å². The third-order valence-corrected chi connectivity index (χ3v) is 3.40. The van der Waals surface area contributed by atoms with Crippen molar-refractivity contribution >= 4 is 21.6 Å². The van der Waals surface area contributed by atoms with E-state index in [1.807, 2.05) is 6.92 Å². The molecule has 0 spiro atoms. The highest BCUT2D eigenvalue weighted by Gasteiger charge is 2.14. The summed E-state index contributed by atoms with van der Waals surface area (Å²) in [7, 11) is -3.79. The number of amides is 1. The Morgan fingerprint density at radius 1 is 1.39 bits per heavy atom. The number of carbonyl (C=O) groups is 1. The van der Waals surface area contributed by atoms with Crippen LogP contribution in [0.15, 0.2) is 23.1 Å². The lowest BCUT2D eigenvalue weighted by molar-refractivity contribution is -0.116. The summed E-state index contributed by atoms with van der Waals surface area (Å²) in [6.45, 7) is 2.07. The molecule has 1 rings (SSSR count). The second-order valence-corrected chi connectivity index (χ2v) is 5.34. The van der Waals surface area contributed by atoms with Crippen LogP contribution in [0.2, 0.25) is 0 Å². The quantitative estimate of drug-likeness (QED) is 0.708. The fraction of sp³-hybridized carbons (Fsp3) is 0.364. The monoisotopic (exact) mass is 271 g/mol. The molecule has 7 heteroatoms. The highest BCUT2D eigenvalue weighted by molar-refractivity contribution is 7.89. The Kier molecular flexibility index (Phi) is 4.83. The molecule has 1 aromatic carbocycles. The number of hydrogen-bond donors (Lipinski definition) is 3. The highest BCUT2D eigenvalue weighted by atomic mass is 32.2. The first kappa shape index (κ1) is 14.6. The number of hydrogen-bond acceptors (Lipinski definition) is 4. The standard InChI is InChI=1S/C11H17N3O3S/c1-2-8-3-4-9(14-11(15)5-6-12)7-10(8)18(13,16)17/h3-4,7H,2,5-6,12H2,1H3,(H,14,15)(H2,13,16,17). The lowest BCUT2D eigenvalue weighted by Gasteiger charge is -2.09. The Labute approximate surface area is 106 Å². The number of rotatable bonds is 5. The molecular formula is C11H17N3O3S. The van der Waals surface area contributed by atoms with Gasteiger partial charge in [0.15, 0.2) is 0 Å². The van der Waals surface area contributed by atoms with Crippen molar-refractivity contribution < 1.29 is 13.2 Å². The summed E-state index contributed by atoms with van der Waals surface area (Å²) in [6.07, 6.45) is 0.725. The molecule has 0 saturated heterocycles. The third-order valence-electron chi connectivity index (χ3n) is 2.41. The number of nitrogens with two attached hydrogens (primary N) is 2. The van der Waals surface area contributed by atoms with Crippen molar-refractivity contribution in [1.29, 1.82) is 0 Å². The van der Waals surface area contributed by atoms with Crippen LogP contribution in [0.4, 0.5) is 5.69 Å². The van der Waals surface area contributed by atoms with Crippen LogP contribution in [0.1, 0.15) is 18.9 Å². The molecule has 5 N–H and O–H groups in total. The summed E-state index contributed by atoms with van der Waals surface area (Å²) < 4.78 is 22.8. The minimum Gasteiger partial charge on any atom is -0.330 e. The lowest BCUT2D eigenvalue weighted by atomic mass is 10.1. The summed E-state index contributed by atoms with van der Waals surface area (Å²) in [5.74, 6) is -0.262. The van der Waals surface area contributed by atoms with Gasteiger partial charge < -0.3 is 11.1 Å². The van der Waals surface area contributed by atoms with Gasteiger partial charge in [0.2, 0.25) is 15.9 Å². The van der Waals surface area contributed by atoms with Crippen LogP contribution in [0, 0.1) is 0 Å². The molecule has 0 unspecified atom stereocenters. The zero-order valence-electron chi connectivity index (χ0n) is 10.1. The molecule has 0 atom stereocenters. The number of sulfonamides is 1. The number of carbonyl (C=O) groups excluding carboxylic acids is 1. The topological polar surface area (TPSA) is 115 Å². The van der Waals surface area contributed by atoms with Gasteiger partial charge in [-0.25, -0.2) is 13.6 Å². The molecule has 0 aromatic heterocycles. The van der Waals surface area contributed by atoms with E-state index in [9.17, 15) is 13.2 Å². The second kappa shape index (κ2) is 5.94. The molecule has 1 amide bonds. The lowest BCUT2D eigenvalue weighted by Crippen LogP contribution is -2.18. The molecule has 0 aliphatic heterocycles. The minimum absolute atomic E-state index is 0.0375. The van der Waals surface area contributed by atoms with Crippen LogP contribution in [0.5, 0.6) is 0 Å². The van der Waals surface area contributed by atoms with Crippen molar-refractivity contribution in [3.05, 3.63) is 23.8 Å². The van der Waals surface area contributed by atoms with Crippen molar-refractivity contribution in [2.45, 2.75) is 24.7 Å². The average molecular weight is 271 g/mol. The molecular weight excluding hydrogens is 254 g/mol. The summed E-state index contributed by atoms with van der Waals surface area (Å²) in [4.78, 5) is 11.4. The van der Waals surface area contributed by atoms with Crippen LogP contribution >= 0.6 is 0 Å². The van der Waals surface area contributed by atoms with Crippen molar-refractivity contribution in [3.63, 3.8) is 0 Å². The largest absolute Gasteiger partial charge is 0.330 e. The van der Waals surface area contributed by atoms with Gasteiger partial charge in [0.05, 0.1) is 4.90 Å². The summed E-state index contributed by atoms with van der Waals surface area (Å²) in [5, 5.41) is 7.70. The Hall–Kier alpha value is -1.44. The third kappa shape index (κ3) is 3.80. The Morgan fingerprint density at radius 2 is 2.06 bits per heavy atom. The maximum atomic E-state index is 11.4. The number of aryl methyl sites for hydroxylation is 1. The first-order chi connectivity index (χ1) is 8.38. The smallest absolute Gasteiger partial charge is 0.238 e. The van der Waals surface area contributed by atoms with E-state index in [1.54, 1.807) is 12.1 Å². The summed E-state index contributed by atoms with van der Waals surface area (Å²) in [5.41, 5.74) is 6.27. The van der Waals surface area contributed by atoms with Crippen molar-refractivity contribution in [2.75, 3.05) is 11.9 Å². The number of anilines is 1. The summed E-state index contributed by atoms with van der Waals surface area (Å²) >= 11 is 0. The molecule has 0 radical (unpaired) electrons. The fourth-order valence-corrected chi connectivity index (χ4v) is 2.41. The number of primary sulfonamides is 1. The molecule has 18 heavy (non-hydrogen) atoms. The molecule has 0 heterocycles. The van der Waals surface area contributed by atoms with E-state index in [0.29, 0.717) is 17.7 Å². The first-order valence-corrected chi connectivity index (χ1v) is 7.08. The second-order valence-electron chi connectivity index (χ2n) is 3.81. The number of benzene rings is 1. The molecule has 0 aliphatic carbocycles.